The Morgan fingerprint density at radius 3 is 1.89 bits per heavy atom. The van der Waals surface area contributed by atoms with Crippen LogP contribution in [0.25, 0.3) is 0 Å². The van der Waals surface area contributed by atoms with E-state index in [0.717, 1.165) is 24.3 Å². The summed E-state index contributed by atoms with van der Waals surface area (Å²) in [6.45, 7) is 0. The molecular weight excluding hydrogens is 252 g/mol. The van der Waals surface area contributed by atoms with Crippen LogP contribution in [0.15, 0.2) is 30.3 Å². The van der Waals surface area contributed by atoms with Crippen molar-refractivity contribution in [1.82, 2.24) is 0 Å². The molecule has 0 aliphatic rings. The molecule has 0 aliphatic carbocycles. The molecule has 0 amide bonds. The third-order valence-electron chi connectivity index (χ3n) is 2.53. The Morgan fingerprint density at radius 2 is 1.32 bits per heavy atom. The smallest absolute Gasteiger partial charge is 0.204 e. The highest BCUT2D eigenvalue weighted by molar-refractivity contribution is 6.14. The van der Waals surface area contributed by atoms with Gasteiger partial charge < -0.3 is 25.5 Å². The number of benzene rings is 2. The summed E-state index contributed by atoms with van der Waals surface area (Å²) < 4.78 is 0. The van der Waals surface area contributed by atoms with Crippen molar-refractivity contribution in [2.45, 2.75) is 0 Å². The SMILES string of the molecule is O=C(c1cc(O)ccc1O)c1c(O)cc(O)cc1O. The Bertz CT molecular complexity index is 639. The summed E-state index contributed by atoms with van der Waals surface area (Å²) in [5, 5.41) is 47.2. The third-order valence-corrected chi connectivity index (χ3v) is 2.53. The number of phenolic OH excluding ortho intramolecular Hbond substituents is 5. The largest absolute Gasteiger partial charge is 0.508 e. The van der Waals surface area contributed by atoms with E-state index in [-0.39, 0.29) is 11.3 Å². The Morgan fingerprint density at radius 1 is 0.737 bits per heavy atom. The number of phenols is 5. The van der Waals surface area contributed by atoms with Crippen molar-refractivity contribution in [2.75, 3.05) is 0 Å². The number of rotatable bonds is 2. The fourth-order valence-corrected chi connectivity index (χ4v) is 1.67. The predicted molar refractivity (Wildman–Crippen MR) is 64.6 cm³/mol. The molecule has 0 saturated heterocycles. The summed E-state index contributed by atoms with van der Waals surface area (Å²) in [7, 11) is 0. The molecule has 2 aromatic carbocycles. The number of carbonyl (C=O) groups is 1. The fourth-order valence-electron chi connectivity index (χ4n) is 1.67. The monoisotopic (exact) mass is 262 g/mol. The molecule has 0 aromatic heterocycles. The van der Waals surface area contributed by atoms with Crippen LogP contribution in [0.5, 0.6) is 28.7 Å². The van der Waals surface area contributed by atoms with Gasteiger partial charge in [0, 0.05) is 12.1 Å². The second-order valence-electron chi connectivity index (χ2n) is 3.89. The first-order valence-corrected chi connectivity index (χ1v) is 5.21. The van der Waals surface area contributed by atoms with Gasteiger partial charge in [-0.3, -0.25) is 4.79 Å². The molecule has 0 aliphatic heterocycles. The molecule has 0 unspecified atom stereocenters. The molecule has 2 aromatic rings. The lowest BCUT2D eigenvalue weighted by Crippen LogP contribution is -2.02. The van der Waals surface area contributed by atoms with E-state index in [0.29, 0.717) is 0 Å². The lowest BCUT2D eigenvalue weighted by atomic mass is 10.00. The summed E-state index contributed by atoms with van der Waals surface area (Å²) in [5.74, 6) is -3.22. The molecule has 0 radical (unpaired) electrons. The van der Waals surface area contributed by atoms with E-state index in [9.17, 15) is 25.2 Å². The molecule has 0 spiro atoms. The summed E-state index contributed by atoms with van der Waals surface area (Å²) in [5.41, 5.74) is -0.755. The zero-order valence-corrected chi connectivity index (χ0v) is 9.53. The summed E-state index contributed by atoms with van der Waals surface area (Å²) >= 11 is 0. The van der Waals surface area contributed by atoms with Gasteiger partial charge in [-0.1, -0.05) is 0 Å². The van der Waals surface area contributed by atoms with Crippen LogP contribution in [0, 0.1) is 0 Å². The molecule has 0 fully saturated rings. The normalized spacial score (nSPS) is 10.3. The van der Waals surface area contributed by atoms with Crippen LogP contribution in [-0.2, 0) is 0 Å². The maximum Gasteiger partial charge on any atom is 0.204 e. The zero-order chi connectivity index (χ0) is 14.2. The number of hydrogen-bond donors (Lipinski definition) is 5. The molecule has 19 heavy (non-hydrogen) atoms. The van der Waals surface area contributed by atoms with Gasteiger partial charge in [-0.25, -0.2) is 0 Å². The third kappa shape index (κ3) is 2.23. The van der Waals surface area contributed by atoms with Crippen molar-refractivity contribution in [3.63, 3.8) is 0 Å². The Labute approximate surface area is 107 Å². The number of ketones is 1. The first-order valence-electron chi connectivity index (χ1n) is 5.21. The Kier molecular flexibility index (Phi) is 2.92. The van der Waals surface area contributed by atoms with Crippen LogP contribution in [0.4, 0.5) is 0 Å². The second kappa shape index (κ2) is 4.41. The molecule has 6 heteroatoms. The summed E-state index contributed by atoms with van der Waals surface area (Å²) in [6.07, 6.45) is 0. The van der Waals surface area contributed by atoms with Crippen LogP contribution in [0.3, 0.4) is 0 Å². The van der Waals surface area contributed by atoms with Crippen LogP contribution in [0.2, 0.25) is 0 Å². The van der Waals surface area contributed by atoms with E-state index in [2.05, 4.69) is 0 Å². The number of aromatic hydroxyl groups is 5. The minimum Gasteiger partial charge on any atom is -0.508 e. The molecule has 0 atom stereocenters. The van der Waals surface area contributed by atoms with Gasteiger partial charge in [0.1, 0.15) is 34.3 Å². The molecule has 0 saturated carbocycles. The van der Waals surface area contributed by atoms with Gasteiger partial charge in [0.05, 0.1) is 5.56 Å². The van der Waals surface area contributed by atoms with Gasteiger partial charge in [0.25, 0.3) is 0 Å². The quantitative estimate of drug-likeness (QED) is 0.413. The van der Waals surface area contributed by atoms with Gasteiger partial charge in [-0.2, -0.15) is 0 Å². The van der Waals surface area contributed by atoms with Crippen LogP contribution < -0.4 is 0 Å². The van der Waals surface area contributed by atoms with Gasteiger partial charge in [-0.05, 0) is 18.2 Å². The maximum atomic E-state index is 12.1. The predicted octanol–water partition coefficient (Wildman–Crippen LogP) is 1.45. The average Bonchev–Trinajstić information content (AvgIpc) is 2.30. The minimum absolute atomic E-state index is 0.251. The number of carbonyl (C=O) groups excluding carboxylic acids is 1. The highest BCUT2D eigenvalue weighted by Gasteiger charge is 2.22. The van der Waals surface area contributed by atoms with Crippen molar-refractivity contribution in [3.8, 4) is 28.7 Å². The van der Waals surface area contributed by atoms with Crippen LogP contribution in [0.1, 0.15) is 15.9 Å². The molecule has 5 N–H and O–H groups in total. The van der Waals surface area contributed by atoms with Crippen LogP contribution >= 0.6 is 0 Å². The fraction of sp³-hybridized carbons (Fsp3) is 0. The molecular formula is C13H10O6. The second-order valence-corrected chi connectivity index (χ2v) is 3.89. The van der Waals surface area contributed by atoms with Crippen molar-refractivity contribution in [1.29, 1.82) is 0 Å². The highest BCUT2D eigenvalue weighted by Crippen LogP contribution is 2.35. The Hall–Kier alpha value is -2.89. The minimum atomic E-state index is -0.886. The first kappa shape index (κ1) is 12.6. The topological polar surface area (TPSA) is 118 Å². The first-order chi connectivity index (χ1) is 8.90. The Balaban J connectivity index is 2.59. The zero-order valence-electron chi connectivity index (χ0n) is 9.53. The van der Waals surface area contributed by atoms with Crippen molar-refractivity contribution in [3.05, 3.63) is 41.5 Å². The lowest BCUT2D eigenvalue weighted by Gasteiger charge is -2.08. The van der Waals surface area contributed by atoms with E-state index in [1.54, 1.807) is 0 Å². The van der Waals surface area contributed by atoms with Crippen molar-refractivity contribution in [2.24, 2.45) is 0 Å². The van der Waals surface area contributed by atoms with E-state index in [1.807, 2.05) is 0 Å². The van der Waals surface area contributed by atoms with E-state index >= 15 is 0 Å². The van der Waals surface area contributed by atoms with E-state index in [1.165, 1.54) is 6.07 Å². The molecule has 0 bridgehead atoms. The summed E-state index contributed by atoms with van der Waals surface area (Å²) in [4.78, 5) is 12.1. The van der Waals surface area contributed by atoms with Gasteiger partial charge in [-0.15, -0.1) is 0 Å². The van der Waals surface area contributed by atoms with Crippen LogP contribution in [-0.4, -0.2) is 31.3 Å². The van der Waals surface area contributed by atoms with Crippen molar-refractivity contribution >= 4 is 5.78 Å². The van der Waals surface area contributed by atoms with Gasteiger partial charge in [0.2, 0.25) is 5.78 Å². The standard InChI is InChI=1S/C13H10O6/c14-6-1-2-9(16)8(3-6)13(19)12-10(17)4-7(15)5-11(12)18/h1-5,14-18H. The number of hydrogen-bond acceptors (Lipinski definition) is 6. The van der Waals surface area contributed by atoms with Gasteiger partial charge >= 0.3 is 0 Å². The lowest BCUT2D eigenvalue weighted by molar-refractivity contribution is 0.103. The maximum absolute atomic E-state index is 12.1. The molecule has 0 heterocycles. The highest BCUT2D eigenvalue weighted by atomic mass is 16.3. The summed E-state index contributed by atoms with van der Waals surface area (Å²) in [6, 6.07) is 5.06. The molecule has 98 valence electrons. The van der Waals surface area contributed by atoms with E-state index in [4.69, 9.17) is 5.11 Å². The van der Waals surface area contributed by atoms with Crippen molar-refractivity contribution < 1.29 is 30.3 Å². The van der Waals surface area contributed by atoms with Gasteiger partial charge in [0.15, 0.2) is 0 Å². The van der Waals surface area contributed by atoms with E-state index < -0.39 is 34.3 Å². The molecule has 2 rings (SSSR count). The molecule has 6 nitrogen and oxygen atoms in total. The average molecular weight is 262 g/mol.